The van der Waals surface area contributed by atoms with E-state index in [1.807, 2.05) is 66.7 Å². The maximum atomic E-state index is 10.8. The highest BCUT2D eigenvalue weighted by atomic mass is 16.5. The van der Waals surface area contributed by atoms with Crippen LogP contribution in [-0.4, -0.2) is 26.4 Å². The Morgan fingerprint density at radius 1 is 0.821 bits per heavy atom. The fraction of sp³-hybridized carbons (Fsp3) is 0.217. The van der Waals surface area contributed by atoms with Crippen molar-refractivity contribution in [2.24, 2.45) is 0 Å². The molecule has 1 unspecified atom stereocenters. The van der Waals surface area contributed by atoms with E-state index in [2.05, 4.69) is 5.32 Å². The van der Waals surface area contributed by atoms with Gasteiger partial charge in [0.2, 0.25) is 5.75 Å². The minimum Gasteiger partial charge on any atom is -0.493 e. The number of nitrogens with one attached hydrogen (secondary N) is 1. The van der Waals surface area contributed by atoms with Crippen molar-refractivity contribution in [1.29, 1.82) is 0 Å². The molecular weight excluding hydrogens is 354 g/mol. The SMILES string of the molecule is COc1cc(CNc2ccccc2C(O)c2ccccc2)cc(OC)c1OC. The number of hydrogen-bond acceptors (Lipinski definition) is 5. The summed E-state index contributed by atoms with van der Waals surface area (Å²) in [6, 6.07) is 21.2. The molecule has 146 valence electrons. The molecule has 28 heavy (non-hydrogen) atoms. The van der Waals surface area contributed by atoms with E-state index in [1.54, 1.807) is 21.3 Å². The van der Waals surface area contributed by atoms with Crippen LogP contribution in [0.4, 0.5) is 5.69 Å². The molecule has 0 amide bonds. The maximum absolute atomic E-state index is 10.8. The Hall–Kier alpha value is -3.18. The van der Waals surface area contributed by atoms with Crippen LogP contribution < -0.4 is 19.5 Å². The molecule has 0 saturated heterocycles. The van der Waals surface area contributed by atoms with Gasteiger partial charge in [0.1, 0.15) is 6.10 Å². The average Bonchev–Trinajstić information content (AvgIpc) is 2.77. The zero-order valence-electron chi connectivity index (χ0n) is 16.3. The van der Waals surface area contributed by atoms with Gasteiger partial charge in [-0.25, -0.2) is 0 Å². The van der Waals surface area contributed by atoms with Crippen LogP contribution in [0.25, 0.3) is 0 Å². The quantitative estimate of drug-likeness (QED) is 0.607. The summed E-state index contributed by atoms with van der Waals surface area (Å²) < 4.78 is 16.2. The molecule has 0 radical (unpaired) electrons. The zero-order chi connectivity index (χ0) is 19.9. The number of anilines is 1. The van der Waals surface area contributed by atoms with Crippen LogP contribution in [0.2, 0.25) is 0 Å². The summed E-state index contributed by atoms with van der Waals surface area (Å²) in [5.74, 6) is 1.78. The van der Waals surface area contributed by atoms with Crippen LogP contribution in [0.15, 0.2) is 66.7 Å². The fourth-order valence-electron chi connectivity index (χ4n) is 3.15. The molecule has 5 heteroatoms. The molecule has 0 saturated carbocycles. The van der Waals surface area contributed by atoms with Crippen molar-refractivity contribution in [3.63, 3.8) is 0 Å². The fourth-order valence-corrected chi connectivity index (χ4v) is 3.15. The summed E-state index contributed by atoms with van der Waals surface area (Å²) in [7, 11) is 4.78. The lowest BCUT2D eigenvalue weighted by Crippen LogP contribution is -2.07. The van der Waals surface area contributed by atoms with E-state index < -0.39 is 6.10 Å². The van der Waals surface area contributed by atoms with E-state index in [4.69, 9.17) is 14.2 Å². The highest BCUT2D eigenvalue weighted by molar-refractivity contribution is 5.57. The van der Waals surface area contributed by atoms with E-state index >= 15 is 0 Å². The van der Waals surface area contributed by atoms with Crippen molar-refractivity contribution in [2.75, 3.05) is 26.6 Å². The second kappa shape index (κ2) is 9.15. The van der Waals surface area contributed by atoms with Gasteiger partial charge in [0.05, 0.1) is 21.3 Å². The van der Waals surface area contributed by atoms with Crippen LogP contribution in [0, 0.1) is 0 Å². The molecule has 0 aromatic heterocycles. The summed E-state index contributed by atoms with van der Waals surface area (Å²) in [6.07, 6.45) is -0.704. The summed E-state index contributed by atoms with van der Waals surface area (Å²) in [6.45, 7) is 0.537. The molecule has 0 aliphatic heterocycles. The standard InChI is InChI=1S/C23H25NO4/c1-26-20-13-16(14-21(27-2)23(20)28-3)15-24-19-12-8-7-11-18(19)22(25)17-9-5-4-6-10-17/h4-14,22,24-25H,15H2,1-3H3. The Morgan fingerprint density at radius 3 is 2.04 bits per heavy atom. The van der Waals surface area contributed by atoms with E-state index in [0.717, 1.165) is 22.4 Å². The molecule has 2 N–H and O–H groups in total. The van der Waals surface area contributed by atoms with Gasteiger partial charge in [0, 0.05) is 17.8 Å². The minimum absolute atomic E-state index is 0.537. The van der Waals surface area contributed by atoms with Crippen LogP contribution in [0.1, 0.15) is 22.8 Å². The molecule has 0 spiro atoms. The van der Waals surface area contributed by atoms with Crippen LogP contribution >= 0.6 is 0 Å². The maximum Gasteiger partial charge on any atom is 0.203 e. The van der Waals surface area contributed by atoms with Crippen molar-refractivity contribution in [3.8, 4) is 17.2 Å². The Balaban J connectivity index is 1.84. The largest absolute Gasteiger partial charge is 0.493 e. The second-order valence-electron chi connectivity index (χ2n) is 6.29. The number of rotatable bonds is 8. The first-order chi connectivity index (χ1) is 13.7. The summed E-state index contributed by atoms with van der Waals surface area (Å²) >= 11 is 0. The number of hydrogen-bond donors (Lipinski definition) is 2. The van der Waals surface area contributed by atoms with Crippen LogP contribution in [0.3, 0.4) is 0 Å². The van der Waals surface area contributed by atoms with E-state index in [1.165, 1.54) is 0 Å². The first kappa shape index (κ1) is 19.6. The molecule has 0 fully saturated rings. The lowest BCUT2D eigenvalue weighted by Gasteiger charge is -2.18. The predicted molar refractivity (Wildman–Crippen MR) is 110 cm³/mol. The highest BCUT2D eigenvalue weighted by Gasteiger charge is 2.16. The number of benzene rings is 3. The zero-order valence-corrected chi connectivity index (χ0v) is 16.3. The Kier molecular flexibility index (Phi) is 6.40. The lowest BCUT2D eigenvalue weighted by molar-refractivity contribution is 0.221. The molecule has 0 aliphatic carbocycles. The third-order valence-corrected chi connectivity index (χ3v) is 4.58. The lowest BCUT2D eigenvalue weighted by atomic mass is 10.00. The monoisotopic (exact) mass is 379 g/mol. The molecule has 0 heterocycles. The molecule has 5 nitrogen and oxygen atoms in total. The van der Waals surface area contributed by atoms with Crippen molar-refractivity contribution in [1.82, 2.24) is 0 Å². The van der Waals surface area contributed by atoms with Gasteiger partial charge in [-0.1, -0.05) is 48.5 Å². The number of para-hydroxylation sites is 1. The summed E-state index contributed by atoms with van der Waals surface area (Å²) in [4.78, 5) is 0. The topological polar surface area (TPSA) is 60.0 Å². The van der Waals surface area contributed by atoms with Crippen LogP contribution in [-0.2, 0) is 6.54 Å². The molecule has 0 bridgehead atoms. The molecule has 3 aromatic rings. The number of aliphatic hydroxyl groups is 1. The van der Waals surface area contributed by atoms with Gasteiger partial charge in [-0.15, -0.1) is 0 Å². The van der Waals surface area contributed by atoms with Gasteiger partial charge in [-0.05, 0) is 29.3 Å². The Bertz CT molecular complexity index is 886. The minimum atomic E-state index is -0.704. The first-order valence-electron chi connectivity index (χ1n) is 9.02. The number of methoxy groups -OCH3 is 3. The molecule has 1 atom stereocenters. The summed E-state index contributed by atoms with van der Waals surface area (Å²) in [5, 5.41) is 14.2. The van der Waals surface area contributed by atoms with Crippen molar-refractivity contribution >= 4 is 5.69 Å². The second-order valence-corrected chi connectivity index (χ2v) is 6.29. The van der Waals surface area contributed by atoms with Gasteiger partial charge < -0.3 is 24.6 Å². The van der Waals surface area contributed by atoms with Crippen LogP contribution in [0.5, 0.6) is 17.2 Å². The number of ether oxygens (including phenoxy) is 3. The Labute approximate surface area is 165 Å². The predicted octanol–water partition coefficient (Wildman–Crippen LogP) is 4.41. The molecule has 0 aliphatic rings. The van der Waals surface area contributed by atoms with Gasteiger partial charge in [0.15, 0.2) is 11.5 Å². The average molecular weight is 379 g/mol. The number of aliphatic hydroxyl groups excluding tert-OH is 1. The molecule has 3 aromatic carbocycles. The highest BCUT2D eigenvalue weighted by Crippen LogP contribution is 2.38. The van der Waals surface area contributed by atoms with E-state index in [0.29, 0.717) is 23.8 Å². The Morgan fingerprint density at radius 2 is 1.43 bits per heavy atom. The van der Waals surface area contributed by atoms with Gasteiger partial charge >= 0.3 is 0 Å². The van der Waals surface area contributed by atoms with Crippen molar-refractivity contribution in [2.45, 2.75) is 12.6 Å². The van der Waals surface area contributed by atoms with Crippen molar-refractivity contribution in [3.05, 3.63) is 83.4 Å². The first-order valence-corrected chi connectivity index (χ1v) is 9.02. The molecule has 3 rings (SSSR count). The van der Waals surface area contributed by atoms with Gasteiger partial charge in [-0.3, -0.25) is 0 Å². The third-order valence-electron chi connectivity index (χ3n) is 4.58. The smallest absolute Gasteiger partial charge is 0.203 e. The van der Waals surface area contributed by atoms with Crippen molar-refractivity contribution < 1.29 is 19.3 Å². The van der Waals surface area contributed by atoms with Gasteiger partial charge in [-0.2, -0.15) is 0 Å². The molecular formula is C23H25NO4. The van der Waals surface area contributed by atoms with E-state index in [9.17, 15) is 5.11 Å². The third kappa shape index (κ3) is 4.21. The summed E-state index contributed by atoms with van der Waals surface area (Å²) in [5.41, 5.74) is 3.51. The van der Waals surface area contributed by atoms with Gasteiger partial charge in [0.25, 0.3) is 0 Å². The van der Waals surface area contributed by atoms with E-state index in [-0.39, 0.29) is 0 Å². The normalized spacial score (nSPS) is 11.6.